The Kier molecular flexibility index (Phi) is 5.18. The predicted molar refractivity (Wildman–Crippen MR) is 92.9 cm³/mol. The second kappa shape index (κ2) is 7.70. The van der Waals surface area contributed by atoms with E-state index in [1.54, 1.807) is 64.4 Å². The Balaban J connectivity index is 1.55. The molecule has 1 amide bonds. The van der Waals surface area contributed by atoms with Crippen LogP contribution in [0.25, 0.3) is 5.69 Å². The van der Waals surface area contributed by atoms with Crippen LogP contribution in [0.2, 0.25) is 0 Å². The molecule has 0 radical (unpaired) electrons. The Morgan fingerprint density at radius 2 is 1.81 bits per heavy atom. The number of hydrogen-bond acceptors (Lipinski definition) is 6. The number of nitrogens with zero attached hydrogens (tertiary/aromatic N) is 2. The number of aromatic nitrogens is 2. The van der Waals surface area contributed by atoms with Crippen LogP contribution >= 0.6 is 0 Å². The van der Waals surface area contributed by atoms with Crippen LogP contribution in [-0.2, 0) is 21.6 Å². The lowest BCUT2D eigenvalue weighted by atomic mass is 10.2. The number of benzene rings is 2. The maximum Gasteiger partial charge on any atom is 0.423 e. The summed E-state index contributed by atoms with van der Waals surface area (Å²) in [6.07, 6.45) is 3.86. The van der Waals surface area contributed by atoms with Crippen molar-refractivity contribution in [2.45, 2.75) is 6.61 Å². The Morgan fingerprint density at radius 1 is 1.08 bits per heavy atom. The first-order chi connectivity index (χ1) is 12.5. The molecule has 0 aliphatic heterocycles. The summed E-state index contributed by atoms with van der Waals surface area (Å²) in [7, 11) is -4.35. The van der Waals surface area contributed by atoms with Crippen molar-refractivity contribution in [3.05, 3.63) is 78.9 Å². The molecular weight excluding hydrogens is 358 g/mol. The van der Waals surface area contributed by atoms with Crippen molar-refractivity contribution in [3.8, 4) is 11.4 Å². The van der Waals surface area contributed by atoms with Gasteiger partial charge in [0.25, 0.3) is 0 Å². The molecule has 1 heterocycles. The molecule has 0 aliphatic rings. The second-order valence-corrected chi connectivity index (χ2v) is 6.44. The van der Waals surface area contributed by atoms with E-state index >= 15 is 0 Å². The van der Waals surface area contributed by atoms with E-state index in [4.69, 9.17) is 8.92 Å². The highest BCUT2D eigenvalue weighted by molar-refractivity contribution is 7.85. The van der Waals surface area contributed by atoms with E-state index in [1.165, 1.54) is 12.1 Å². The lowest BCUT2D eigenvalue weighted by molar-refractivity contribution is 0.145. The minimum Gasteiger partial charge on any atom is -0.444 e. The van der Waals surface area contributed by atoms with E-state index in [1.807, 2.05) is 6.07 Å². The van der Waals surface area contributed by atoms with Crippen molar-refractivity contribution in [2.24, 2.45) is 0 Å². The minimum absolute atomic E-state index is 0.0530. The Morgan fingerprint density at radius 3 is 2.46 bits per heavy atom. The summed E-state index contributed by atoms with van der Waals surface area (Å²) in [5.74, 6) is 0.0530. The zero-order valence-electron chi connectivity index (χ0n) is 13.5. The summed E-state index contributed by atoms with van der Waals surface area (Å²) in [6, 6.07) is 15.1. The van der Waals surface area contributed by atoms with Crippen LogP contribution in [0.5, 0.6) is 5.75 Å². The molecule has 8 nitrogen and oxygen atoms in total. The third-order valence-corrected chi connectivity index (χ3v) is 4.09. The van der Waals surface area contributed by atoms with Crippen LogP contribution in [0.4, 0.5) is 4.79 Å². The summed E-state index contributed by atoms with van der Waals surface area (Å²) in [6.45, 7) is -0.0538. The van der Waals surface area contributed by atoms with Gasteiger partial charge in [0.15, 0.2) is 0 Å². The van der Waals surface area contributed by atoms with Gasteiger partial charge in [0.1, 0.15) is 12.4 Å². The fourth-order valence-electron chi connectivity index (χ4n) is 2.09. The third-order valence-electron chi connectivity index (χ3n) is 3.27. The molecule has 1 N–H and O–H groups in total. The molecule has 2 aromatic carbocycles. The van der Waals surface area contributed by atoms with Gasteiger partial charge in [-0.2, -0.15) is 13.1 Å². The molecule has 0 saturated carbocycles. The molecule has 3 rings (SSSR count). The van der Waals surface area contributed by atoms with Crippen LogP contribution in [0.1, 0.15) is 5.56 Å². The van der Waals surface area contributed by atoms with Crippen LogP contribution in [0.15, 0.2) is 73.3 Å². The predicted octanol–water partition coefficient (Wildman–Crippen LogP) is 2.42. The molecular formula is C17H15N3O5S. The van der Waals surface area contributed by atoms with E-state index in [0.29, 0.717) is 0 Å². The van der Waals surface area contributed by atoms with Gasteiger partial charge in [-0.05, 0) is 29.8 Å². The first-order valence-corrected chi connectivity index (χ1v) is 8.94. The van der Waals surface area contributed by atoms with Gasteiger partial charge in [-0.25, -0.2) is 9.78 Å². The van der Waals surface area contributed by atoms with Crippen molar-refractivity contribution in [3.63, 3.8) is 0 Å². The van der Waals surface area contributed by atoms with Gasteiger partial charge in [0, 0.05) is 18.1 Å². The normalized spacial score (nSPS) is 10.9. The molecule has 9 heteroatoms. The first kappa shape index (κ1) is 17.5. The summed E-state index contributed by atoms with van der Waals surface area (Å²) in [5.41, 5.74) is 1.51. The van der Waals surface area contributed by atoms with Crippen LogP contribution in [0.3, 0.4) is 0 Å². The molecule has 0 bridgehead atoms. The highest BCUT2D eigenvalue weighted by Crippen LogP contribution is 2.16. The first-order valence-electron chi connectivity index (χ1n) is 7.53. The molecule has 0 atom stereocenters. The van der Waals surface area contributed by atoms with Crippen molar-refractivity contribution >= 4 is 16.4 Å². The largest absolute Gasteiger partial charge is 0.444 e. The van der Waals surface area contributed by atoms with Crippen molar-refractivity contribution < 1.29 is 22.1 Å². The molecule has 1 aromatic heterocycles. The summed E-state index contributed by atoms with van der Waals surface area (Å²) in [5, 5.41) is 0. The maximum absolute atomic E-state index is 11.9. The van der Waals surface area contributed by atoms with E-state index in [9.17, 15) is 13.2 Å². The average Bonchev–Trinajstić information content (AvgIpc) is 3.15. The Labute approximate surface area is 150 Å². The van der Waals surface area contributed by atoms with Gasteiger partial charge < -0.3 is 13.5 Å². The lowest BCUT2D eigenvalue weighted by Crippen LogP contribution is -2.34. The van der Waals surface area contributed by atoms with Crippen LogP contribution in [-0.4, -0.2) is 24.1 Å². The minimum atomic E-state index is -4.35. The standard InChI is InChI=1S/C17H15N3O5S/c21-17(24-12-14-4-2-1-3-5-14)19-26(22,23)25-16-8-6-15(7-9-16)20-11-10-18-13-20/h1-11,13H,12H2,(H,19,21). The Hall–Kier alpha value is -3.33. The molecule has 3 aromatic rings. The fraction of sp³-hybridized carbons (Fsp3) is 0.0588. The zero-order valence-corrected chi connectivity index (χ0v) is 14.3. The summed E-state index contributed by atoms with van der Waals surface area (Å²) in [4.78, 5) is 15.6. The number of ether oxygens (including phenoxy) is 1. The highest BCUT2D eigenvalue weighted by atomic mass is 32.2. The van der Waals surface area contributed by atoms with Crippen LogP contribution < -0.4 is 8.91 Å². The number of carbonyl (C=O) groups is 1. The average molecular weight is 373 g/mol. The van der Waals surface area contributed by atoms with E-state index in [2.05, 4.69) is 4.98 Å². The van der Waals surface area contributed by atoms with Crippen LogP contribution in [0, 0.1) is 0 Å². The van der Waals surface area contributed by atoms with Crippen molar-refractivity contribution in [1.29, 1.82) is 0 Å². The number of carbonyl (C=O) groups excluding carboxylic acids is 1. The van der Waals surface area contributed by atoms with Gasteiger partial charge in [0.05, 0.1) is 6.33 Å². The summed E-state index contributed by atoms with van der Waals surface area (Å²) < 4.78 is 36.9. The van der Waals surface area contributed by atoms with Crippen molar-refractivity contribution in [1.82, 2.24) is 14.3 Å². The smallest absolute Gasteiger partial charge is 0.423 e. The van der Waals surface area contributed by atoms with Gasteiger partial charge >= 0.3 is 16.4 Å². The number of hydrogen-bond donors (Lipinski definition) is 1. The topological polar surface area (TPSA) is 99.5 Å². The summed E-state index contributed by atoms with van der Waals surface area (Å²) >= 11 is 0. The van der Waals surface area contributed by atoms with Gasteiger partial charge in [-0.15, -0.1) is 0 Å². The van der Waals surface area contributed by atoms with Crippen molar-refractivity contribution in [2.75, 3.05) is 0 Å². The maximum atomic E-state index is 11.9. The molecule has 0 unspecified atom stereocenters. The third kappa shape index (κ3) is 4.84. The molecule has 134 valence electrons. The molecule has 0 aliphatic carbocycles. The van der Waals surface area contributed by atoms with Gasteiger partial charge in [-0.1, -0.05) is 30.3 Å². The monoisotopic (exact) mass is 373 g/mol. The number of rotatable bonds is 6. The number of amides is 1. The second-order valence-electron chi connectivity index (χ2n) is 5.17. The van der Waals surface area contributed by atoms with E-state index in [0.717, 1.165) is 11.3 Å². The SMILES string of the molecule is O=C(NS(=O)(=O)Oc1ccc(-n2ccnc2)cc1)OCc1ccccc1. The molecule has 0 fully saturated rings. The van der Waals surface area contributed by atoms with E-state index in [-0.39, 0.29) is 12.4 Å². The molecule has 26 heavy (non-hydrogen) atoms. The number of nitrogens with one attached hydrogen (secondary N) is 1. The number of imidazole rings is 1. The van der Waals surface area contributed by atoms with E-state index < -0.39 is 16.4 Å². The quantitative estimate of drug-likeness (QED) is 0.712. The van der Waals surface area contributed by atoms with Gasteiger partial charge in [-0.3, -0.25) is 0 Å². The molecule has 0 spiro atoms. The highest BCUT2D eigenvalue weighted by Gasteiger charge is 2.18. The zero-order chi connectivity index (χ0) is 18.4. The van der Waals surface area contributed by atoms with Gasteiger partial charge in [0.2, 0.25) is 0 Å². The fourth-order valence-corrected chi connectivity index (χ4v) is 2.76. The molecule has 0 saturated heterocycles. The Bertz CT molecular complexity index is 955. The lowest BCUT2D eigenvalue weighted by Gasteiger charge is -2.09.